The van der Waals surface area contributed by atoms with Crippen LogP contribution in [0.3, 0.4) is 0 Å². The van der Waals surface area contributed by atoms with Crippen molar-refractivity contribution in [3.05, 3.63) is 47.8 Å². The summed E-state index contributed by atoms with van der Waals surface area (Å²) in [6, 6.07) is 10.4. The van der Waals surface area contributed by atoms with Crippen LogP contribution in [0.15, 0.2) is 36.4 Å². The van der Waals surface area contributed by atoms with E-state index in [1.165, 1.54) is 23.5 Å². The maximum absolute atomic E-state index is 13.2. The highest BCUT2D eigenvalue weighted by atomic mass is 32.1. The highest BCUT2D eigenvalue weighted by molar-refractivity contribution is 7.21. The molecule has 0 radical (unpaired) electrons. The minimum absolute atomic E-state index is 0.240. The Hall–Kier alpha value is -1.94. The molecule has 2 N–H and O–H groups in total. The fraction of sp³-hybridized carbons (Fsp3) is 0.0714. The van der Waals surface area contributed by atoms with E-state index in [0.717, 1.165) is 26.4 Å². The van der Waals surface area contributed by atoms with Crippen molar-refractivity contribution in [2.75, 3.05) is 5.73 Å². The molecule has 1 aromatic heterocycles. The molecule has 18 heavy (non-hydrogen) atoms. The average Bonchev–Trinajstić information content (AvgIpc) is 2.71. The summed E-state index contributed by atoms with van der Waals surface area (Å²) in [7, 11) is 0. The van der Waals surface area contributed by atoms with Crippen LogP contribution < -0.4 is 5.73 Å². The lowest BCUT2D eigenvalue weighted by Gasteiger charge is -2.05. The highest BCUT2D eigenvalue weighted by Gasteiger charge is 2.11. The predicted octanol–water partition coefficient (Wildman–Crippen LogP) is 3.99. The standard InChI is InChI=1S/C14H11FN2S/c1-8-3-2-4-10(16)13(8)14-17-11-6-5-9(15)7-12(11)18-14/h2-7H,16H2,1H3. The number of hydrogen-bond acceptors (Lipinski definition) is 3. The maximum Gasteiger partial charge on any atom is 0.126 e. The molecule has 1 heterocycles. The Bertz CT molecular complexity index is 713. The summed E-state index contributed by atoms with van der Waals surface area (Å²) in [5.74, 6) is -0.240. The van der Waals surface area contributed by atoms with Gasteiger partial charge < -0.3 is 5.73 Å². The van der Waals surface area contributed by atoms with Gasteiger partial charge in [-0.25, -0.2) is 9.37 Å². The van der Waals surface area contributed by atoms with Crippen LogP contribution in [0.5, 0.6) is 0 Å². The second kappa shape index (κ2) is 4.07. The smallest absolute Gasteiger partial charge is 0.126 e. The number of aryl methyl sites for hydroxylation is 1. The summed E-state index contributed by atoms with van der Waals surface area (Å²) in [5, 5.41) is 0.839. The molecule has 0 bridgehead atoms. The first kappa shape index (κ1) is 11.2. The molecule has 0 saturated carbocycles. The molecule has 0 amide bonds. The van der Waals surface area contributed by atoms with Crippen molar-refractivity contribution in [2.24, 2.45) is 0 Å². The highest BCUT2D eigenvalue weighted by Crippen LogP contribution is 2.35. The van der Waals surface area contributed by atoms with Crippen LogP contribution in [0.1, 0.15) is 5.56 Å². The van der Waals surface area contributed by atoms with Gasteiger partial charge in [-0.3, -0.25) is 0 Å². The zero-order valence-corrected chi connectivity index (χ0v) is 10.6. The number of aromatic nitrogens is 1. The predicted molar refractivity (Wildman–Crippen MR) is 74.2 cm³/mol. The van der Waals surface area contributed by atoms with E-state index >= 15 is 0 Å². The third kappa shape index (κ3) is 1.75. The van der Waals surface area contributed by atoms with Crippen LogP contribution in [0.25, 0.3) is 20.8 Å². The molecule has 90 valence electrons. The third-order valence-electron chi connectivity index (χ3n) is 2.87. The van der Waals surface area contributed by atoms with Crippen LogP contribution in [0.4, 0.5) is 10.1 Å². The van der Waals surface area contributed by atoms with Crippen LogP contribution in [-0.2, 0) is 0 Å². The molecule has 0 aliphatic heterocycles. The minimum atomic E-state index is -0.240. The van der Waals surface area contributed by atoms with Gasteiger partial charge in [-0.2, -0.15) is 0 Å². The van der Waals surface area contributed by atoms with Crippen molar-refractivity contribution >= 4 is 27.2 Å². The molecule has 2 nitrogen and oxygen atoms in total. The number of anilines is 1. The first-order valence-corrected chi connectivity index (χ1v) is 6.38. The number of nitrogens with two attached hydrogens (primary N) is 1. The van der Waals surface area contributed by atoms with Crippen LogP contribution >= 0.6 is 11.3 Å². The Morgan fingerprint density at radius 2 is 2.06 bits per heavy atom. The Kier molecular flexibility index (Phi) is 2.52. The third-order valence-corrected chi connectivity index (χ3v) is 3.91. The Balaban J connectivity index is 2.26. The Labute approximate surface area is 108 Å². The molecular weight excluding hydrogens is 247 g/mol. The molecule has 0 unspecified atom stereocenters. The van der Waals surface area contributed by atoms with Gasteiger partial charge in [0.25, 0.3) is 0 Å². The number of fused-ring (bicyclic) bond motifs is 1. The molecule has 0 aliphatic carbocycles. The van der Waals surface area contributed by atoms with Gasteiger partial charge >= 0.3 is 0 Å². The van der Waals surface area contributed by atoms with Crippen LogP contribution in [0.2, 0.25) is 0 Å². The van der Waals surface area contributed by atoms with Gasteiger partial charge in [0.2, 0.25) is 0 Å². The summed E-state index contributed by atoms with van der Waals surface area (Å²) in [5.41, 5.74) is 9.53. The van der Waals surface area contributed by atoms with E-state index in [4.69, 9.17) is 5.73 Å². The first-order valence-electron chi connectivity index (χ1n) is 5.57. The summed E-state index contributed by atoms with van der Waals surface area (Å²) < 4.78 is 14.0. The number of thiazole rings is 1. The molecular formula is C14H11FN2S. The van der Waals surface area contributed by atoms with Crippen molar-refractivity contribution in [2.45, 2.75) is 6.92 Å². The van der Waals surface area contributed by atoms with E-state index in [9.17, 15) is 4.39 Å². The summed E-state index contributed by atoms with van der Waals surface area (Å²) in [6.45, 7) is 2.00. The minimum Gasteiger partial charge on any atom is -0.398 e. The number of rotatable bonds is 1. The second-order valence-corrected chi connectivity index (χ2v) is 5.20. The molecule has 0 spiro atoms. The topological polar surface area (TPSA) is 38.9 Å². The van der Waals surface area contributed by atoms with Gasteiger partial charge in [-0.1, -0.05) is 12.1 Å². The van der Waals surface area contributed by atoms with Gasteiger partial charge in [-0.15, -0.1) is 11.3 Å². The average molecular weight is 258 g/mol. The lowest BCUT2D eigenvalue weighted by Crippen LogP contribution is -1.91. The van der Waals surface area contributed by atoms with Crippen molar-refractivity contribution in [1.29, 1.82) is 0 Å². The number of benzene rings is 2. The normalized spacial score (nSPS) is 11.0. The monoisotopic (exact) mass is 258 g/mol. The molecule has 4 heteroatoms. The van der Waals surface area contributed by atoms with Gasteiger partial charge in [0.1, 0.15) is 10.8 Å². The molecule has 0 saturated heterocycles. The molecule has 3 aromatic rings. The fourth-order valence-electron chi connectivity index (χ4n) is 1.99. The summed E-state index contributed by atoms with van der Waals surface area (Å²) in [4.78, 5) is 4.52. The van der Waals surface area contributed by atoms with Gasteiger partial charge in [0.05, 0.1) is 10.2 Å². The molecule has 2 aromatic carbocycles. The molecule has 0 atom stereocenters. The first-order chi connectivity index (χ1) is 8.65. The number of hydrogen-bond donors (Lipinski definition) is 1. The Morgan fingerprint density at radius 1 is 1.22 bits per heavy atom. The lowest BCUT2D eigenvalue weighted by atomic mass is 10.1. The van der Waals surface area contributed by atoms with Crippen molar-refractivity contribution in [1.82, 2.24) is 4.98 Å². The quantitative estimate of drug-likeness (QED) is 0.670. The van der Waals surface area contributed by atoms with Crippen molar-refractivity contribution in [3.63, 3.8) is 0 Å². The van der Waals surface area contributed by atoms with E-state index in [1.54, 1.807) is 6.07 Å². The number of nitrogen functional groups attached to an aromatic ring is 1. The maximum atomic E-state index is 13.2. The fourth-order valence-corrected chi connectivity index (χ4v) is 3.11. The van der Waals surface area contributed by atoms with Crippen LogP contribution in [0, 0.1) is 12.7 Å². The molecule has 3 rings (SSSR count). The van der Waals surface area contributed by atoms with Gasteiger partial charge in [0, 0.05) is 11.3 Å². The van der Waals surface area contributed by atoms with E-state index in [2.05, 4.69) is 4.98 Å². The van der Waals surface area contributed by atoms with Gasteiger partial charge in [0.15, 0.2) is 0 Å². The SMILES string of the molecule is Cc1cccc(N)c1-c1nc2ccc(F)cc2s1. The zero-order valence-electron chi connectivity index (χ0n) is 9.77. The van der Waals surface area contributed by atoms with Crippen LogP contribution in [-0.4, -0.2) is 4.98 Å². The van der Waals surface area contributed by atoms with Crippen molar-refractivity contribution in [3.8, 4) is 10.6 Å². The summed E-state index contributed by atoms with van der Waals surface area (Å²) >= 11 is 1.46. The summed E-state index contributed by atoms with van der Waals surface area (Å²) in [6.07, 6.45) is 0. The zero-order chi connectivity index (χ0) is 12.7. The van der Waals surface area contributed by atoms with E-state index in [-0.39, 0.29) is 5.82 Å². The van der Waals surface area contributed by atoms with Gasteiger partial charge in [-0.05, 0) is 36.8 Å². The largest absolute Gasteiger partial charge is 0.398 e. The van der Waals surface area contributed by atoms with E-state index < -0.39 is 0 Å². The second-order valence-electron chi connectivity index (χ2n) is 4.17. The van der Waals surface area contributed by atoms with E-state index in [1.807, 2.05) is 25.1 Å². The molecule has 0 aliphatic rings. The Morgan fingerprint density at radius 3 is 2.83 bits per heavy atom. The van der Waals surface area contributed by atoms with E-state index in [0.29, 0.717) is 5.69 Å². The molecule has 0 fully saturated rings. The van der Waals surface area contributed by atoms with Crippen molar-refractivity contribution < 1.29 is 4.39 Å². The lowest BCUT2D eigenvalue weighted by molar-refractivity contribution is 0.630. The number of nitrogens with zero attached hydrogens (tertiary/aromatic N) is 1. The number of halogens is 1.